The van der Waals surface area contributed by atoms with Crippen molar-refractivity contribution < 1.29 is 14.3 Å². The lowest BCUT2D eigenvalue weighted by molar-refractivity contribution is 0.158. The molecule has 0 atom stereocenters. The Morgan fingerprint density at radius 2 is 2.31 bits per heavy atom. The first kappa shape index (κ1) is 10.2. The van der Waals surface area contributed by atoms with Gasteiger partial charge in [0.2, 0.25) is 0 Å². The maximum atomic E-state index is 13.3. The molecular formula is C8H9ClFNO2. The summed E-state index contributed by atoms with van der Waals surface area (Å²) in [7, 11) is 1.42. The van der Waals surface area contributed by atoms with Crippen LogP contribution in [0.15, 0.2) is 12.1 Å². The molecule has 1 aromatic rings. The molecule has 0 saturated heterocycles. The molecule has 0 unspecified atom stereocenters. The van der Waals surface area contributed by atoms with Gasteiger partial charge >= 0.3 is 0 Å². The summed E-state index contributed by atoms with van der Waals surface area (Å²) in [4.78, 5) is 0. The van der Waals surface area contributed by atoms with E-state index in [2.05, 4.69) is 0 Å². The fourth-order valence-corrected chi connectivity index (χ4v) is 1.19. The summed E-state index contributed by atoms with van der Waals surface area (Å²) in [6, 6.07) is 2.94. The van der Waals surface area contributed by atoms with E-state index >= 15 is 0 Å². The predicted octanol–water partition coefficient (Wildman–Crippen LogP) is 1.97. The third kappa shape index (κ3) is 2.09. The lowest BCUT2D eigenvalue weighted by Gasteiger charge is -2.09. The van der Waals surface area contributed by atoms with E-state index in [0.717, 1.165) is 0 Å². The van der Waals surface area contributed by atoms with Crippen molar-refractivity contribution in [3.63, 3.8) is 0 Å². The molecular weight excluding hydrogens is 197 g/mol. The maximum Gasteiger partial charge on any atom is 0.150 e. The van der Waals surface area contributed by atoms with Gasteiger partial charge in [-0.1, -0.05) is 11.6 Å². The Labute approximate surface area is 80.0 Å². The molecule has 0 aliphatic heterocycles. The van der Waals surface area contributed by atoms with Gasteiger partial charge in [-0.15, -0.1) is 0 Å². The Bertz CT molecular complexity index is 306. The number of hydrogen-bond acceptors (Lipinski definition) is 3. The highest BCUT2D eigenvalue weighted by Gasteiger charge is 2.11. The Hall–Kier alpha value is -0.840. The summed E-state index contributed by atoms with van der Waals surface area (Å²) in [5.74, 6) is -0.231. The fourth-order valence-electron chi connectivity index (χ4n) is 1.01. The standard InChI is InChI=1S/C8H9ClFNO2/c1-13-7-3-2-6(9)8(10)5(7)4-11-12/h2-3,11-12H,4H2,1H3. The van der Waals surface area contributed by atoms with Crippen LogP contribution in [0.4, 0.5) is 4.39 Å². The van der Waals surface area contributed by atoms with Crippen LogP contribution in [0.3, 0.4) is 0 Å². The zero-order valence-corrected chi connectivity index (χ0v) is 7.73. The highest BCUT2D eigenvalue weighted by molar-refractivity contribution is 6.30. The molecule has 0 aliphatic rings. The van der Waals surface area contributed by atoms with Gasteiger partial charge in [0.05, 0.1) is 18.7 Å². The maximum absolute atomic E-state index is 13.3. The molecule has 2 N–H and O–H groups in total. The minimum absolute atomic E-state index is 0.00560. The Balaban J connectivity index is 3.15. The van der Waals surface area contributed by atoms with Crippen LogP contribution in [0.2, 0.25) is 5.02 Å². The van der Waals surface area contributed by atoms with E-state index < -0.39 is 5.82 Å². The smallest absolute Gasteiger partial charge is 0.150 e. The second kappa shape index (κ2) is 4.41. The highest BCUT2D eigenvalue weighted by atomic mass is 35.5. The van der Waals surface area contributed by atoms with Crippen LogP contribution in [-0.2, 0) is 6.54 Å². The number of hydrogen-bond donors (Lipinski definition) is 2. The number of rotatable bonds is 3. The van der Waals surface area contributed by atoms with E-state index in [4.69, 9.17) is 21.5 Å². The molecule has 5 heteroatoms. The number of benzene rings is 1. The lowest BCUT2D eigenvalue weighted by Crippen LogP contribution is -2.09. The molecule has 0 aliphatic carbocycles. The molecule has 0 bridgehead atoms. The van der Waals surface area contributed by atoms with Crippen molar-refractivity contribution in [2.45, 2.75) is 6.54 Å². The minimum Gasteiger partial charge on any atom is -0.496 e. The molecule has 0 amide bonds. The largest absolute Gasteiger partial charge is 0.496 e. The molecule has 0 heterocycles. The molecule has 13 heavy (non-hydrogen) atoms. The topological polar surface area (TPSA) is 41.5 Å². The second-order valence-electron chi connectivity index (χ2n) is 2.38. The van der Waals surface area contributed by atoms with Crippen LogP contribution in [-0.4, -0.2) is 12.3 Å². The van der Waals surface area contributed by atoms with Crippen LogP contribution >= 0.6 is 11.6 Å². The Kier molecular flexibility index (Phi) is 3.48. The summed E-state index contributed by atoms with van der Waals surface area (Å²) in [5, 5.41) is 8.45. The van der Waals surface area contributed by atoms with Crippen molar-refractivity contribution in [1.82, 2.24) is 5.48 Å². The summed E-state index contributed by atoms with van der Waals surface area (Å²) in [6.45, 7) is -0.0461. The van der Waals surface area contributed by atoms with Crippen LogP contribution in [0, 0.1) is 5.82 Å². The molecule has 0 aromatic heterocycles. The van der Waals surface area contributed by atoms with Crippen molar-refractivity contribution in [1.29, 1.82) is 0 Å². The Morgan fingerprint density at radius 3 is 2.85 bits per heavy atom. The number of halogens is 2. The third-order valence-corrected chi connectivity index (χ3v) is 1.92. The number of nitrogens with one attached hydrogen (secondary N) is 1. The first-order valence-electron chi connectivity index (χ1n) is 3.58. The average Bonchev–Trinajstić information content (AvgIpc) is 2.14. The van der Waals surface area contributed by atoms with Crippen molar-refractivity contribution in [2.24, 2.45) is 0 Å². The van der Waals surface area contributed by atoms with Crippen LogP contribution in [0.1, 0.15) is 5.56 Å². The van der Waals surface area contributed by atoms with E-state index in [1.54, 1.807) is 0 Å². The zero-order chi connectivity index (χ0) is 9.84. The quantitative estimate of drug-likeness (QED) is 0.742. The molecule has 1 rings (SSSR count). The van der Waals surface area contributed by atoms with Crippen LogP contribution in [0.5, 0.6) is 5.75 Å². The summed E-state index contributed by atoms with van der Waals surface area (Å²) in [6.07, 6.45) is 0. The number of methoxy groups -OCH3 is 1. The third-order valence-electron chi connectivity index (χ3n) is 1.63. The summed E-state index contributed by atoms with van der Waals surface area (Å²) < 4.78 is 18.2. The molecule has 0 spiro atoms. The van der Waals surface area contributed by atoms with Gasteiger partial charge in [0.1, 0.15) is 11.6 Å². The van der Waals surface area contributed by atoms with Crippen molar-refractivity contribution in [2.75, 3.05) is 7.11 Å². The number of ether oxygens (including phenoxy) is 1. The van der Waals surface area contributed by atoms with Crippen molar-refractivity contribution in [3.8, 4) is 5.75 Å². The van der Waals surface area contributed by atoms with Crippen LogP contribution in [0.25, 0.3) is 0 Å². The molecule has 72 valence electrons. The monoisotopic (exact) mass is 205 g/mol. The molecule has 1 aromatic carbocycles. The molecule has 0 fully saturated rings. The lowest BCUT2D eigenvalue weighted by atomic mass is 10.2. The molecule has 0 saturated carbocycles. The van der Waals surface area contributed by atoms with Gasteiger partial charge in [0.15, 0.2) is 0 Å². The Morgan fingerprint density at radius 1 is 1.62 bits per heavy atom. The second-order valence-corrected chi connectivity index (χ2v) is 2.78. The number of hydroxylamine groups is 1. The highest BCUT2D eigenvalue weighted by Crippen LogP contribution is 2.26. The van der Waals surface area contributed by atoms with Gasteiger partial charge in [0, 0.05) is 5.56 Å². The average molecular weight is 206 g/mol. The van der Waals surface area contributed by atoms with Gasteiger partial charge in [-0.05, 0) is 12.1 Å². The van der Waals surface area contributed by atoms with E-state index in [9.17, 15) is 4.39 Å². The zero-order valence-electron chi connectivity index (χ0n) is 6.97. The van der Waals surface area contributed by atoms with Crippen LogP contribution < -0.4 is 10.2 Å². The van der Waals surface area contributed by atoms with Crippen molar-refractivity contribution in [3.05, 3.63) is 28.5 Å². The van der Waals surface area contributed by atoms with E-state index in [1.165, 1.54) is 19.2 Å². The molecule has 3 nitrogen and oxygen atoms in total. The SMILES string of the molecule is COc1ccc(Cl)c(F)c1CNO. The van der Waals surface area contributed by atoms with E-state index in [0.29, 0.717) is 5.75 Å². The first-order chi connectivity index (χ1) is 6.20. The summed E-state index contributed by atoms with van der Waals surface area (Å²) in [5.41, 5.74) is 2.05. The first-order valence-corrected chi connectivity index (χ1v) is 3.96. The van der Waals surface area contributed by atoms with Crippen molar-refractivity contribution >= 4 is 11.6 Å². The summed E-state index contributed by atoms with van der Waals surface area (Å²) >= 11 is 5.54. The van der Waals surface area contributed by atoms with Gasteiger partial charge in [-0.2, -0.15) is 0 Å². The van der Waals surface area contributed by atoms with Gasteiger partial charge in [0.25, 0.3) is 0 Å². The van der Waals surface area contributed by atoms with Gasteiger partial charge < -0.3 is 9.94 Å². The normalized spacial score (nSPS) is 10.2. The molecule has 0 radical (unpaired) electrons. The fraction of sp³-hybridized carbons (Fsp3) is 0.250. The van der Waals surface area contributed by atoms with Gasteiger partial charge in [-0.25, -0.2) is 9.87 Å². The predicted molar refractivity (Wildman–Crippen MR) is 46.6 cm³/mol. The van der Waals surface area contributed by atoms with Gasteiger partial charge in [-0.3, -0.25) is 0 Å². The minimum atomic E-state index is -0.581. The van der Waals surface area contributed by atoms with E-state index in [-0.39, 0.29) is 17.1 Å². The van der Waals surface area contributed by atoms with E-state index in [1.807, 2.05) is 5.48 Å².